The summed E-state index contributed by atoms with van der Waals surface area (Å²) >= 11 is 0. The van der Waals surface area contributed by atoms with E-state index in [0.29, 0.717) is 18.3 Å². The lowest BCUT2D eigenvalue weighted by molar-refractivity contribution is 0.00578. The van der Waals surface area contributed by atoms with E-state index in [1.165, 1.54) is 0 Å². The van der Waals surface area contributed by atoms with Crippen LogP contribution in [0.4, 0.5) is 0 Å². The summed E-state index contributed by atoms with van der Waals surface area (Å²) in [5, 5.41) is 0. The van der Waals surface area contributed by atoms with Gasteiger partial charge in [-0.15, -0.1) is 0 Å². The first-order valence-electron chi connectivity index (χ1n) is 9.77. The first-order valence-corrected chi connectivity index (χ1v) is 13.5. The van der Waals surface area contributed by atoms with Crippen molar-refractivity contribution in [2.75, 3.05) is 13.7 Å². The van der Waals surface area contributed by atoms with Crippen molar-refractivity contribution in [1.29, 1.82) is 0 Å². The largest absolute Gasteiger partial charge is 0.500 e. The third-order valence-corrected chi connectivity index (χ3v) is 7.24. The van der Waals surface area contributed by atoms with E-state index in [-0.39, 0.29) is 0 Å². The van der Waals surface area contributed by atoms with Crippen LogP contribution in [0.3, 0.4) is 0 Å². The van der Waals surface area contributed by atoms with Gasteiger partial charge in [-0.05, 0) is 39.8 Å². The van der Waals surface area contributed by atoms with Gasteiger partial charge in [0, 0.05) is 20.1 Å². The average Bonchev–Trinajstić information content (AvgIpc) is 3.06. The summed E-state index contributed by atoms with van der Waals surface area (Å²) in [6.07, 6.45) is 1.75. The molecule has 28 heavy (non-hydrogen) atoms. The maximum Gasteiger partial charge on any atom is 0.500 e. The molecule has 3 heterocycles. The van der Waals surface area contributed by atoms with E-state index in [1.807, 2.05) is 38.3 Å². The molecule has 1 fully saturated rings. The lowest BCUT2D eigenvalue weighted by Crippen LogP contribution is -2.41. The number of rotatable bonds is 7. The Bertz CT molecular complexity index is 832. The molecule has 3 rings (SSSR count). The Morgan fingerprint density at radius 1 is 1.14 bits per heavy atom. The van der Waals surface area contributed by atoms with Gasteiger partial charge in [0.05, 0.1) is 30.2 Å². The van der Waals surface area contributed by atoms with Crippen molar-refractivity contribution in [3.05, 3.63) is 12.4 Å². The van der Waals surface area contributed by atoms with Crippen LogP contribution in [0.2, 0.25) is 25.7 Å². The minimum atomic E-state index is -1.11. The second-order valence-electron chi connectivity index (χ2n) is 9.58. The summed E-state index contributed by atoms with van der Waals surface area (Å²) in [7, 11) is -0.0629. The molecule has 0 saturated carbocycles. The first-order chi connectivity index (χ1) is 12.9. The molecular weight excluding hydrogens is 373 g/mol. The van der Waals surface area contributed by atoms with Gasteiger partial charge in [0.15, 0.2) is 5.65 Å². The van der Waals surface area contributed by atoms with Crippen LogP contribution in [0.1, 0.15) is 27.7 Å². The number of hydrogen-bond acceptors (Lipinski definition) is 6. The molecular formula is C19H32BN3O4Si. The number of hydrogen-bond donors (Lipinski definition) is 0. The van der Waals surface area contributed by atoms with E-state index in [9.17, 15) is 0 Å². The highest BCUT2D eigenvalue weighted by Crippen LogP contribution is 2.37. The molecule has 9 heteroatoms. The van der Waals surface area contributed by atoms with Crippen molar-refractivity contribution in [3.63, 3.8) is 0 Å². The second kappa shape index (κ2) is 7.44. The van der Waals surface area contributed by atoms with Crippen LogP contribution < -0.4 is 10.2 Å². The van der Waals surface area contributed by atoms with Crippen molar-refractivity contribution in [2.24, 2.45) is 0 Å². The van der Waals surface area contributed by atoms with Gasteiger partial charge in [-0.3, -0.25) is 0 Å². The summed E-state index contributed by atoms with van der Waals surface area (Å²) in [5.41, 5.74) is 1.39. The van der Waals surface area contributed by atoms with Crippen molar-refractivity contribution in [2.45, 2.75) is 71.3 Å². The number of imidazole rings is 1. The van der Waals surface area contributed by atoms with E-state index in [4.69, 9.17) is 18.8 Å². The molecule has 7 nitrogen and oxygen atoms in total. The molecule has 0 unspecified atom stereocenters. The molecule has 1 aliphatic heterocycles. The number of pyridine rings is 1. The van der Waals surface area contributed by atoms with E-state index in [2.05, 4.69) is 29.6 Å². The van der Waals surface area contributed by atoms with Gasteiger partial charge in [-0.1, -0.05) is 19.6 Å². The predicted molar refractivity (Wildman–Crippen MR) is 114 cm³/mol. The summed E-state index contributed by atoms with van der Waals surface area (Å²) < 4.78 is 25.7. The maximum atomic E-state index is 6.20. The fourth-order valence-electron chi connectivity index (χ4n) is 2.93. The fourth-order valence-corrected chi connectivity index (χ4v) is 3.69. The molecule has 0 radical (unpaired) electrons. The Morgan fingerprint density at radius 3 is 2.36 bits per heavy atom. The molecule has 2 aromatic heterocycles. The number of methoxy groups -OCH3 is 1. The quantitative estimate of drug-likeness (QED) is 0.521. The molecule has 0 atom stereocenters. The molecule has 2 aromatic rings. The lowest BCUT2D eigenvalue weighted by Gasteiger charge is -2.32. The third-order valence-electron chi connectivity index (χ3n) is 5.53. The summed E-state index contributed by atoms with van der Waals surface area (Å²) in [6.45, 7) is 16.3. The summed E-state index contributed by atoms with van der Waals surface area (Å²) in [6, 6.07) is 3.11. The van der Waals surface area contributed by atoms with E-state index >= 15 is 0 Å². The van der Waals surface area contributed by atoms with Crippen molar-refractivity contribution in [3.8, 4) is 5.88 Å². The van der Waals surface area contributed by atoms with Gasteiger partial charge >= 0.3 is 7.12 Å². The van der Waals surface area contributed by atoms with E-state index in [1.54, 1.807) is 13.4 Å². The van der Waals surface area contributed by atoms with Crippen LogP contribution in [-0.2, 0) is 20.8 Å². The van der Waals surface area contributed by atoms with Crippen LogP contribution in [-0.4, -0.2) is 54.6 Å². The van der Waals surface area contributed by atoms with Crippen molar-refractivity contribution in [1.82, 2.24) is 14.5 Å². The second-order valence-corrected chi connectivity index (χ2v) is 15.2. The molecule has 0 spiro atoms. The molecule has 0 amide bonds. The molecule has 0 N–H and O–H groups in total. The van der Waals surface area contributed by atoms with Crippen LogP contribution >= 0.6 is 0 Å². The zero-order valence-corrected chi connectivity index (χ0v) is 19.3. The van der Waals surface area contributed by atoms with Crippen LogP contribution in [0.15, 0.2) is 12.4 Å². The highest BCUT2D eigenvalue weighted by molar-refractivity contribution is 6.76. The van der Waals surface area contributed by atoms with Crippen LogP contribution in [0, 0.1) is 0 Å². The van der Waals surface area contributed by atoms with Gasteiger partial charge in [0.2, 0.25) is 5.88 Å². The monoisotopic (exact) mass is 405 g/mol. The predicted octanol–water partition coefficient (Wildman–Crippen LogP) is 3.05. The lowest BCUT2D eigenvalue weighted by atomic mass is 9.79. The van der Waals surface area contributed by atoms with Gasteiger partial charge in [-0.25, -0.2) is 4.98 Å². The fraction of sp³-hybridized carbons (Fsp3) is 0.684. The Hall–Kier alpha value is -1.42. The Balaban J connectivity index is 1.85. The number of nitrogens with zero attached hydrogens (tertiary/aromatic N) is 3. The number of aromatic nitrogens is 3. The van der Waals surface area contributed by atoms with Gasteiger partial charge in [-0.2, -0.15) is 4.98 Å². The molecule has 0 aromatic carbocycles. The number of fused-ring (bicyclic) bond motifs is 1. The highest BCUT2D eigenvalue weighted by Gasteiger charge is 2.52. The van der Waals surface area contributed by atoms with Gasteiger partial charge in [0.25, 0.3) is 0 Å². The standard InChI is InChI=1S/C19H32BN3O4Si/c1-18(2)19(3,4)27-20(26-18)14-11-15-16(22-17(14)24-5)21-12-23(15)13-25-9-10-28(6,7)8/h11-12H,9-10,13H2,1-8H3. The maximum absolute atomic E-state index is 6.20. The summed E-state index contributed by atoms with van der Waals surface area (Å²) in [4.78, 5) is 8.96. The zero-order valence-electron chi connectivity index (χ0n) is 18.3. The van der Waals surface area contributed by atoms with E-state index in [0.717, 1.165) is 23.6 Å². The minimum Gasteiger partial charge on any atom is -0.481 e. The molecule has 1 saturated heterocycles. The highest BCUT2D eigenvalue weighted by atomic mass is 28.3. The Kier molecular flexibility index (Phi) is 5.66. The van der Waals surface area contributed by atoms with Crippen LogP contribution in [0.5, 0.6) is 5.88 Å². The molecule has 0 aliphatic carbocycles. The minimum absolute atomic E-state index is 0.433. The molecule has 154 valence electrons. The molecule has 0 bridgehead atoms. The van der Waals surface area contributed by atoms with Crippen molar-refractivity contribution >= 4 is 31.8 Å². The third kappa shape index (κ3) is 4.27. The van der Waals surface area contributed by atoms with Gasteiger partial charge < -0.3 is 23.3 Å². The van der Waals surface area contributed by atoms with E-state index < -0.39 is 26.4 Å². The summed E-state index contributed by atoms with van der Waals surface area (Å²) in [5.74, 6) is 0.468. The average molecular weight is 405 g/mol. The molecule has 1 aliphatic rings. The van der Waals surface area contributed by atoms with Gasteiger partial charge in [0.1, 0.15) is 6.73 Å². The Labute approximate surface area is 168 Å². The van der Waals surface area contributed by atoms with Crippen molar-refractivity contribution < 1.29 is 18.8 Å². The number of ether oxygens (including phenoxy) is 2. The van der Waals surface area contributed by atoms with Crippen LogP contribution in [0.25, 0.3) is 11.2 Å². The normalized spacial score (nSPS) is 18.8. The Morgan fingerprint density at radius 2 is 1.79 bits per heavy atom. The zero-order chi connectivity index (χ0) is 20.7. The smallest absolute Gasteiger partial charge is 0.481 e. The SMILES string of the molecule is COc1nc2ncn(COCC[Si](C)(C)C)c2cc1B1OC(C)(C)C(C)(C)O1. The topological polar surface area (TPSA) is 67.6 Å². The first kappa shape index (κ1) is 21.3.